The van der Waals surface area contributed by atoms with Crippen molar-refractivity contribution in [2.45, 2.75) is 12.5 Å². The number of para-hydroxylation sites is 2. The van der Waals surface area contributed by atoms with Crippen LogP contribution >= 0.6 is 11.6 Å². The lowest BCUT2D eigenvalue weighted by molar-refractivity contribution is 0.283. The maximum Gasteiger partial charge on any atom is 0.196 e. The Balaban J connectivity index is 1.97. The van der Waals surface area contributed by atoms with Crippen LogP contribution in [0.15, 0.2) is 52.9 Å². The lowest BCUT2D eigenvalue weighted by atomic mass is 10.0. The second kappa shape index (κ2) is 7.27. The average molecular weight is 381 g/mol. The Bertz CT molecular complexity index is 1070. The van der Waals surface area contributed by atoms with Crippen molar-refractivity contribution >= 4 is 33.5 Å². The van der Waals surface area contributed by atoms with Crippen LogP contribution in [0.25, 0.3) is 33.5 Å². The predicted octanol–water partition coefficient (Wildman–Crippen LogP) is 4.65. The number of fused-ring (bicyclic) bond motifs is 2. The largest absolute Gasteiger partial charge is 0.453 e. The van der Waals surface area contributed by atoms with E-state index < -0.39 is 0 Å². The van der Waals surface area contributed by atoms with Gasteiger partial charge in [0.2, 0.25) is 0 Å². The molecule has 5 nitrogen and oxygen atoms in total. The quantitative estimate of drug-likeness (QED) is 0.546. The molecule has 0 amide bonds. The standard InChI is InChI=1S/C21H21ClN4O/c1-26(2)16(10-11-23)20-14-7-5-8-15(22)19(14)24-21(25-20)18-12-13-6-3-4-9-17(13)27-18/h3-9,12,16H,10-11,23H2,1-2H3. The van der Waals surface area contributed by atoms with E-state index in [1.807, 2.05) is 62.6 Å². The van der Waals surface area contributed by atoms with Gasteiger partial charge in [0.1, 0.15) is 5.58 Å². The number of halogens is 1. The van der Waals surface area contributed by atoms with Crippen LogP contribution in [0.4, 0.5) is 0 Å². The third kappa shape index (κ3) is 3.30. The van der Waals surface area contributed by atoms with Crippen LogP contribution in [0.1, 0.15) is 18.2 Å². The van der Waals surface area contributed by atoms with Gasteiger partial charge in [0.05, 0.1) is 22.3 Å². The Morgan fingerprint density at radius 2 is 1.93 bits per heavy atom. The Morgan fingerprint density at radius 3 is 2.67 bits per heavy atom. The number of rotatable bonds is 5. The number of benzene rings is 2. The average Bonchev–Trinajstić information content (AvgIpc) is 3.10. The maximum absolute atomic E-state index is 6.47. The second-order valence-corrected chi connectivity index (χ2v) is 7.18. The molecule has 0 spiro atoms. The molecule has 0 fully saturated rings. The van der Waals surface area contributed by atoms with Crippen molar-refractivity contribution in [3.8, 4) is 11.6 Å². The molecule has 0 aliphatic rings. The molecule has 2 N–H and O–H groups in total. The van der Waals surface area contributed by atoms with E-state index in [0.717, 1.165) is 34.0 Å². The van der Waals surface area contributed by atoms with Gasteiger partial charge in [-0.15, -0.1) is 0 Å². The normalized spacial score (nSPS) is 12.9. The van der Waals surface area contributed by atoms with Crippen molar-refractivity contribution in [1.82, 2.24) is 14.9 Å². The summed E-state index contributed by atoms with van der Waals surface area (Å²) >= 11 is 6.47. The minimum absolute atomic E-state index is 0.0575. The summed E-state index contributed by atoms with van der Waals surface area (Å²) < 4.78 is 5.99. The molecule has 27 heavy (non-hydrogen) atoms. The number of hydrogen-bond donors (Lipinski definition) is 1. The summed E-state index contributed by atoms with van der Waals surface area (Å²) in [6.07, 6.45) is 0.783. The summed E-state index contributed by atoms with van der Waals surface area (Å²) in [6, 6.07) is 15.7. The minimum atomic E-state index is 0.0575. The summed E-state index contributed by atoms with van der Waals surface area (Å²) in [6.45, 7) is 0.564. The molecular weight excluding hydrogens is 360 g/mol. The zero-order valence-corrected chi connectivity index (χ0v) is 16.1. The molecule has 0 radical (unpaired) electrons. The highest BCUT2D eigenvalue weighted by Crippen LogP contribution is 2.33. The van der Waals surface area contributed by atoms with Crippen LogP contribution in [0.2, 0.25) is 5.02 Å². The summed E-state index contributed by atoms with van der Waals surface area (Å²) in [7, 11) is 4.05. The molecule has 1 unspecified atom stereocenters. The van der Waals surface area contributed by atoms with Crippen molar-refractivity contribution in [2.24, 2.45) is 5.73 Å². The molecule has 6 heteroatoms. The molecule has 0 aliphatic heterocycles. The van der Waals surface area contributed by atoms with Gasteiger partial charge in [0, 0.05) is 10.8 Å². The molecular formula is C21H21ClN4O. The number of hydrogen-bond acceptors (Lipinski definition) is 5. The zero-order chi connectivity index (χ0) is 19.0. The molecule has 0 bridgehead atoms. The van der Waals surface area contributed by atoms with Gasteiger partial charge in [-0.3, -0.25) is 0 Å². The van der Waals surface area contributed by atoms with Gasteiger partial charge in [-0.25, -0.2) is 9.97 Å². The zero-order valence-electron chi connectivity index (χ0n) is 15.3. The SMILES string of the molecule is CN(C)C(CCN)c1nc(-c2cc3ccccc3o2)nc2c(Cl)cccc12. The minimum Gasteiger partial charge on any atom is -0.453 e. The van der Waals surface area contributed by atoms with E-state index in [1.165, 1.54) is 0 Å². The summed E-state index contributed by atoms with van der Waals surface area (Å²) in [5.74, 6) is 1.16. The molecule has 4 rings (SSSR count). The van der Waals surface area contributed by atoms with E-state index in [-0.39, 0.29) is 6.04 Å². The molecule has 2 heterocycles. The van der Waals surface area contributed by atoms with Gasteiger partial charge in [-0.1, -0.05) is 41.9 Å². The Hall–Kier alpha value is -2.47. The summed E-state index contributed by atoms with van der Waals surface area (Å²) in [5.41, 5.74) is 8.31. The fourth-order valence-corrected chi connectivity index (χ4v) is 3.61. The smallest absolute Gasteiger partial charge is 0.196 e. The Kier molecular flexibility index (Phi) is 4.83. The lowest BCUT2D eigenvalue weighted by Gasteiger charge is -2.24. The Labute approximate surface area is 162 Å². The number of furan rings is 1. The molecule has 4 aromatic rings. The van der Waals surface area contributed by atoms with E-state index in [1.54, 1.807) is 0 Å². The maximum atomic E-state index is 6.47. The molecule has 138 valence electrons. The lowest BCUT2D eigenvalue weighted by Crippen LogP contribution is -2.24. The molecule has 1 atom stereocenters. The van der Waals surface area contributed by atoms with Crippen molar-refractivity contribution in [3.05, 3.63) is 59.2 Å². The van der Waals surface area contributed by atoms with Crippen molar-refractivity contribution in [3.63, 3.8) is 0 Å². The van der Waals surface area contributed by atoms with Crippen LogP contribution in [0, 0.1) is 0 Å². The first-order valence-electron chi connectivity index (χ1n) is 8.90. The van der Waals surface area contributed by atoms with E-state index in [0.29, 0.717) is 23.2 Å². The van der Waals surface area contributed by atoms with E-state index in [9.17, 15) is 0 Å². The van der Waals surface area contributed by atoms with Crippen molar-refractivity contribution in [2.75, 3.05) is 20.6 Å². The number of nitrogens with two attached hydrogens (primary N) is 1. The topological polar surface area (TPSA) is 68.2 Å². The van der Waals surface area contributed by atoms with Crippen LogP contribution in [-0.2, 0) is 0 Å². The first kappa shape index (κ1) is 17.9. The van der Waals surface area contributed by atoms with Gasteiger partial charge in [0.25, 0.3) is 0 Å². The highest BCUT2D eigenvalue weighted by molar-refractivity contribution is 6.35. The van der Waals surface area contributed by atoms with Gasteiger partial charge in [0.15, 0.2) is 11.6 Å². The van der Waals surface area contributed by atoms with Crippen molar-refractivity contribution in [1.29, 1.82) is 0 Å². The van der Waals surface area contributed by atoms with Crippen molar-refractivity contribution < 1.29 is 4.42 Å². The predicted molar refractivity (Wildman–Crippen MR) is 110 cm³/mol. The van der Waals surface area contributed by atoms with Crippen LogP contribution in [0.5, 0.6) is 0 Å². The van der Waals surface area contributed by atoms with Gasteiger partial charge in [-0.2, -0.15) is 0 Å². The number of nitrogens with zero attached hydrogens (tertiary/aromatic N) is 3. The van der Waals surface area contributed by atoms with Gasteiger partial charge >= 0.3 is 0 Å². The van der Waals surface area contributed by atoms with Crippen LogP contribution in [0.3, 0.4) is 0 Å². The van der Waals surface area contributed by atoms with Gasteiger partial charge < -0.3 is 15.1 Å². The molecule has 2 aromatic heterocycles. The number of aromatic nitrogens is 2. The van der Waals surface area contributed by atoms with E-state index in [4.69, 9.17) is 31.7 Å². The summed E-state index contributed by atoms with van der Waals surface area (Å²) in [4.78, 5) is 11.7. The van der Waals surface area contributed by atoms with E-state index in [2.05, 4.69) is 4.90 Å². The highest BCUT2D eigenvalue weighted by Gasteiger charge is 2.22. The first-order chi connectivity index (χ1) is 13.1. The monoisotopic (exact) mass is 380 g/mol. The molecule has 2 aromatic carbocycles. The third-order valence-corrected chi connectivity index (χ3v) is 5.04. The van der Waals surface area contributed by atoms with E-state index >= 15 is 0 Å². The molecule has 0 aliphatic carbocycles. The highest BCUT2D eigenvalue weighted by atomic mass is 35.5. The molecule has 0 saturated heterocycles. The van der Waals surface area contributed by atoms with Gasteiger partial charge in [-0.05, 0) is 45.3 Å². The summed E-state index contributed by atoms with van der Waals surface area (Å²) in [5, 5.41) is 2.55. The van der Waals surface area contributed by atoms with Crippen LogP contribution < -0.4 is 5.73 Å². The van der Waals surface area contributed by atoms with Crippen LogP contribution in [-0.4, -0.2) is 35.5 Å². The second-order valence-electron chi connectivity index (χ2n) is 6.77. The molecule has 0 saturated carbocycles. The third-order valence-electron chi connectivity index (χ3n) is 4.73. The Morgan fingerprint density at radius 1 is 1.11 bits per heavy atom. The fourth-order valence-electron chi connectivity index (χ4n) is 3.39. The first-order valence-corrected chi connectivity index (χ1v) is 9.28. The fraction of sp³-hybridized carbons (Fsp3) is 0.238.